The van der Waals surface area contributed by atoms with Crippen molar-refractivity contribution in [2.75, 3.05) is 14.2 Å². The Balaban J connectivity index is 2.35. The lowest BCUT2D eigenvalue weighted by Crippen LogP contribution is -2.42. The average molecular weight is 431 g/mol. The minimum Gasteiger partial charge on any atom is -0.456 e. The van der Waals surface area contributed by atoms with E-state index in [9.17, 15) is 4.79 Å². The summed E-state index contributed by atoms with van der Waals surface area (Å²) in [5.74, 6) is -1.64. The zero-order valence-electron chi connectivity index (χ0n) is 18.7. The number of ether oxygens (including phenoxy) is 2. The molecule has 0 radical (unpaired) electrons. The van der Waals surface area contributed by atoms with Crippen LogP contribution in [0, 0.1) is 0 Å². The highest BCUT2D eigenvalue weighted by Crippen LogP contribution is 2.32. The van der Waals surface area contributed by atoms with Crippen LogP contribution in [0.5, 0.6) is 0 Å². The third-order valence-electron chi connectivity index (χ3n) is 4.87. The maximum Gasteiger partial charge on any atom is 0.260 e. The van der Waals surface area contributed by atoms with Gasteiger partial charge in [0.05, 0.1) is 0 Å². The molecular weight excluding hydrogens is 396 g/mol. The summed E-state index contributed by atoms with van der Waals surface area (Å²) in [6, 6.07) is 18.1. The van der Waals surface area contributed by atoms with Gasteiger partial charge in [-0.05, 0) is 50.8 Å². The predicted octanol–water partition coefficient (Wildman–Crippen LogP) is 5.61. The first-order valence-corrected chi connectivity index (χ1v) is 16.6. The number of aryl methyl sites for hydroxylation is 1. The van der Waals surface area contributed by atoms with Crippen LogP contribution in [-0.2, 0) is 25.8 Å². The van der Waals surface area contributed by atoms with Crippen molar-refractivity contribution in [3.63, 3.8) is 0 Å². The number of methoxy groups -OCH3 is 2. The van der Waals surface area contributed by atoms with Gasteiger partial charge in [0, 0.05) is 25.3 Å². The number of ketones is 1. The smallest absolute Gasteiger partial charge is 0.260 e. The Morgan fingerprint density at radius 1 is 0.862 bits per heavy atom. The van der Waals surface area contributed by atoms with Crippen molar-refractivity contribution in [1.29, 1.82) is 0 Å². The molecule has 0 heterocycles. The monoisotopic (exact) mass is 430 g/mol. The summed E-state index contributed by atoms with van der Waals surface area (Å²) in [7, 11) is -0.397. The highest BCUT2D eigenvalue weighted by molar-refractivity contribution is 6.84. The Morgan fingerprint density at radius 3 is 1.97 bits per heavy atom. The van der Waals surface area contributed by atoms with Gasteiger partial charge in [-0.2, -0.15) is 0 Å². The fourth-order valence-electron chi connectivity index (χ4n) is 3.75. The lowest BCUT2D eigenvalue weighted by molar-refractivity contribution is -0.176. The van der Waals surface area contributed by atoms with Crippen molar-refractivity contribution in [3.05, 3.63) is 71.3 Å². The van der Waals surface area contributed by atoms with Gasteiger partial charge >= 0.3 is 0 Å². The molecule has 0 amide bonds. The van der Waals surface area contributed by atoms with Gasteiger partial charge in [0.15, 0.2) is 16.6 Å². The summed E-state index contributed by atoms with van der Waals surface area (Å²) in [4.78, 5) is 13.6. The van der Waals surface area contributed by atoms with Crippen LogP contribution in [0.3, 0.4) is 0 Å². The molecule has 0 fully saturated rings. The van der Waals surface area contributed by atoms with Gasteiger partial charge in [0.2, 0.25) is 5.78 Å². The third-order valence-corrected chi connectivity index (χ3v) is 11.0. The summed E-state index contributed by atoms with van der Waals surface area (Å²) < 4.78 is 17.8. The van der Waals surface area contributed by atoms with Gasteiger partial charge in [-0.3, -0.25) is 4.79 Å². The highest BCUT2D eigenvalue weighted by Gasteiger charge is 2.42. The van der Waals surface area contributed by atoms with Crippen LogP contribution in [0.25, 0.3) is 0 Å². The lowest BCUT2D eigenvalue weighted by Gasteiger charge is -2.32. The first kappa shape index (κ1) is 23.7. The second kappa shape index (κ2) is 9.49. The van der Waals surface area contributed by atoms with Crippen LogP contribution >= 0.6 is 0 Å². The van der Waals surface area contributed by atoms with E-state index in [-0.39, 0.29) is 5.78 Å². The van der Waals surface area contributed by atoms with Gasteiger partial charge in [-0.15, -0.1) is 0 Å². The number of carbonyl (C=O) groups is 1. The summed E-state index contributed by atoms with van der Waals surface area (Å²) >= 11 is 0. The molecule has 0 N–H and O–H groups in total. The van der Waals surface area contributed by atoms with E-state index in [4.69, 9.17) is 13.6 Å². The standard InChI is InChI=1S/C23H34O4Si2/c1-25-23(26-2,20-14-9-8-10-15-20)22(24)21-16-12-11-13-19(21)17-18-29(6,7)27-28(3,4)5/h8-16H,17-18H2,1-7H3. The SMILES string of the molecule is COC(OC)(C(=O)c1ccccc1CC[Si](C)(C)O[Si](C)(C)C)c1ccccc1. The molecule has 0 bridgehead atoms. The zero-order chi connectivity index (χ0) is 21.7. The Hall–Kier alpha value is -1.58. The first-order valence-electron chi connectivity index (χ1n) is 10.0. The molecule has 0 saturated heterocycles. The van der Waals surface area contributed by atoms with E-state index in [1.165, 1.54) is 14.2 Å². The van der Waals surface area contributed by atoms with Crippen molar-refractivity contribution in [2.45, 2.75) is 51.0 Å². The van der Waals surface area contributed by atoms with E-state index in [1.807, 2.05) is 54.6 Å². The second-order valence-corrected chi connectivity index (χ2v) is 17.9. The van der Waals surface area contributed by atoms with E-state index in [1.54, 1.807) is 0 Å². The molecule has 0 spiro atoms. The van der Waals surface area contributed by atoms with Crippen LogP contribution in [0.2, 0.25) is 38.8 Å². The molecule has 2 aromatic carbocycles. The summed E-state index contributed by atoms with van der Waals surface area (Å²) in [5, 5.41) is 0. The number of rotatable bonds is 10. The van der Waals surface area contributed by atoms with Crippen LogP contribution in [0.4, 0.5) is 0 Å². The molecular formula is C23H34O4Si2. The Labute approximate surface area is 177 Å². The minimum atomic E-state index is -1.82. The van der Waals surface area contributed by atoms with Crippen molar-refractivity contribution < 1.29 is 18.4 Å². The van der Waals surface area contributed by atoms with Gasteiger partial charge in [-0.25, -0.2) is 0 Å². The van der Waals surface area contributed by atoms with Gasteiger partial charge in [0.1, 0.15) is 0 Å². The lowest BCUT2D eigenvalue weighted by atomic mass is 9.92. The average Bonchev–Trinajstić information content (AvgIpc) is 2.67. The molecule has 0 saturated carbocycles. The van der Waals surface area contributed by atoms with Crippen LogP contribution < -0.4 is 0 Å². The van der Waals surface area contributed by atoms with Crippen molar-refractivity contribution in [3.8, 4) is 0 Å². The highest BCUT2D eigenvalue weighted by atomic mass is 28.4. The summed E-state index contributed by atoms with van der Waals surface area (Å²) in [5.41, 5.74) is 2.33. The topological polar surface area (TPSA) is 44.8 Å². The van der Waals surface area contributed by atoms with Crippen LogP contribution in [-0.4, -0.2) is 36.6 Å². The van der Waals surface area contributed by atoms with Gasteiger partial charge < -0.3 is 13.6 Å². The fourth-order valence-corrected chi connectivity index (χ4v) is 11.7. The van der Waals surface area contributed by atoms with Crippen LogP contribution in [0.1, 0.15) is 21.5 Å². The van der Waals surface area contributed by atoms with Crippen molar-refractivity contribution in [1.82, 2.24) is 0 Å². The minimum absolute atomic E-state index is 0.185. The molecule has 158 valence electrons. The normalized spacial score (nSPS) is 12.8. The third kappa shape index (κ3) is 5.96. The predicted molar refractivity (Wildman–Crippen MR) is 123 cm³/mol. The van der Waals surface area contributed by atoms with Crippen LogP contribution in [0.15, 0.2) is 54.6 Å². The molecule has 6 heteroatoms. The maximum atomic E-state index is 13.6. The van der Waals surface area contributed by atoms with E-state index < -0.39 is 22.4 Å². The van der Waals surface area contributed by atoms with E-state index in [0.29, 0.717) is 11.1 Å². The second-order valence-electron chi connectivity index (χ2n) is 8.85. The molecule has 4 nitrogen and oxygen atoms in total. The molecule has 0 aromatic heterocycles. The largest absolute Gasteiger partial charge is 0.456 e. The quantitative estimate of drug-likeness (QED) is 0.279. The number of hydrogen-bond donors (Lipinski definition) is 0. The molecule has 0 aliphatic rings. The molecule has 2 rings (SSSR count). The number of Topliss-reactive ketones (excluding diaryl/α,β-unsaturated/α-hetero) is 1. The number of hydrogen-bond acceptors (Lipinski definition) is 4. The van der Waals surface area contributed by atoms with E-state index >= 15 is 0 Å². The molecule has 0 atom stereocenters. The van der Waals surface area contributed by atoms with E-state index in [0.717, 1.165) is 18.0 Å². The molecule has 29 heavy (non-hydrogen) atoms. The van der Waals surface area contributed by atoms with Gasteiger partial charge in [-0.1, -0.05) is 54.6 Å². The molecule has 0 aliphatic carbocycles. The Kier molecular flexibility index (Phi) is 7.76. The first-order chi connectivity index (χ1) is 13.5. The molecule has 0 aliphatic heterocycles. The molecule has 0 unspecified atom stereocenters. The maximum absolute atomic E-state index is 13.6. The van der Waals surface area contributed by atoms with E-state index in [2.05, 4.69) is 32.7 Å². The summed E-state index contributed by atoms with van der Waals surface area (Å²) in [6.45, 7) is 11.2. The van der Waals surface area contributed by atoms with Crippen molar-refractivity contribution in [2.24, 2.45) is 0 Å². The Morgan fingerprint density at radius 2 is 1.41 bits per heavy atom. The van der Waals surface area contributed by atoms with Crippen molar-refractivity contribution >= 4 is 22.4 Å². The fraction of sp³-hybridized carbons (Fsp3) is 0.435. The number of benzene rings is 2. The zero-order valence-corrected chi connectivity index (χ0v) is 20.7. The Bertz CT molecular complexity index is 809. The molecule has 2 aromatic rings. The summed E-state index contributed by atoms with van der Waals surface area (Å²) in [6.07, 6.45) is 0.796. The van der Waals surface area contributed by atoms with Gasteiger partial charge in [0.25, 0.3) is 5.79 Å². The number of carbonyl (C=O) groups excluding carboxylic acids is 1.